The molecule has 0 radical (unpaired) electrons. The van der Waals surface area contributed by atoms with Gasteiger partial charge in [-0.15, -0.1) is 12.4 Å². The fourth-order valence-corrected chi connectivity index (χ4v) is 0.170. The molecule has 0 unspecified atom stereocenters. The van der Waals surface area contributed by atoms with Crippen LogP contribution in [0.4, 0.5) is 0 Å². The Labute approximate surface area is 58.2 Å². The number of carbonyl (C=O) groups excluding carboxylic acids is 2. The molecule has 0 fully saturated rings. The van der Waals surface area contributed by atoms with Gasteiger partial charge in [-0.3, -0.25) is 0 Å². The summed E-state index contributed by atoms with van der Waals surface area (Å²) in [6, 6.07) is 0. The van der Waals surface area contributed by atoms with Gasteiger partial charge in [0.2, 0.25) is 6.08 Å². The van der Waals surface area contributed by atoms with E-state index in [0.29, 0.717) is 0 Å². The first kappa shape index (κ1) is 10.8. The summed E-state index contributed by atoms with van der Waals surface area (Å²) >= 11 is 0. The molecule has 0 saturated carbocycles. The summed E-state index contributed by atoms with van der Waals surface area (Å²) < 4.78 is 0. The van der Waals surface area contributed by atoms with E-state index in [0.717, 1.165) is 0 Å². The lowest BCUT2D eigenvalue weighted by atomic mass is 10.6. The zero-order valence-corrected chi connectivity index (χ0v) is 5.27. The van der Waals surface area contributed by atoms with Crippen molar-refractivity contribution in [3.63, 3.8) is 0 Å². The van der Waals surface area contributed by atoms with Crippen LogP contribution >= 0.6 is 12.4 Å². The van der Waals surface area contributed by atoms with Crippen LogP contribution in [0.3, 0.4) is 0 Å². The Morgan fingerprint density at radius 3 is 2.56 bits per heavy atom. The molecule has 0 atom stereocenters. The van der Waals surface area contributed by atoms with Gasteiger partial charge in [0.05, 0.1) is 6.54 Å². The van der Waals surface area contributed by atoms with Crippen molar-refractivity contribution in [2.45, 2.75) is 0 Å². The van der Waals surface area contributed by atoms with Crippen molar-refractivity contribution in [1.29, 1.82) is 0 Å². The van der Waals surface area contributed by atoms with Gasteiger partial charge in [0, 0.05) is 0 Å². The van der Waals surface area contributed by atoms with Crippen LogP contribution in [-0.4, -0.2) is 18.6 Å². The summed E-state index contributed by atoms with van der Waals surface area (Å²) in [4.78, 5) is 21.8. The summed E-state index contributed by atoms with van der Waals surface area (Å²) in [5.74, 6) is 1.38. The topological polar surface area (TPSA) is 46.5 Å². The SMILES string of the molecule is Cl.O=C=C=CCN=C=O. The lowest BCUT2D eigenvalue weighted by molar-refractivity contribution is 0.563. The van der Waals surface area contributed by atoms with Gasteiger partial charge in [0.1, 0.15) is 0 Å². The minimum atomic E-state index is 0. The molecule has 0 N–H and O–H groups in total. The number of halogens is 1. The number of isocyanates is 1. The van der Waals surface area contributed by atoms with Gasteiger partial charge in [-0.2, -0.15) is 0 Å². The maximum atomic E-state index is 9.36. The van der Waals surface area contributed by atoms with Crippen LogP contribution in [0.2, 0.25) is 0 Å². The van der Waals surface area contributed by atoms with E-state index in [9.17, 15) is 9.59 Å². The second kappa shape index (κ2) is 10.0. The highest BCUT2D eigenvalue weighted by atomic mass is 35.5. The second-order valence-electron chi connectivity index (χ2n) is 0.882. The molecular formula is C5H4ClNO2. The van der Waals surface area contributed by atoms with Gasteiger partial charge in [0.25, 0.3) is 0 Å². The van der Waals surface area contributed by atoms with Gasteiger partial charge in [0.15, 0.2) is 5.94 Å². The van der Waals surface area contributed by atoms with Crippen LogP contribution in [-0.2, 0) is 9.59 Å². The third kappa shape index (κ3) is 10.9. The van der Waals surface area contributed by atoms with Crippen LogP contribution in [0, 0.1) is 0 Å². The molecule has 4 heteroatoms. The highest BCUT2D eigenvalue weighted by Crippen LogP contribution is 1.63. The Morgan fingerprint density at radius 2 is 2.11 bits per heavy atom. The number of nitrogens with zero attached hydrogens (tertiary/aromatic N) is 1. The molecule has 3 nitrogen and oxygen atoms in total. The monoisotopic (exact) mass is 145 g/mol. The zero-order valence-electron chi connectivity index (χ0n) is 4.46. The molecular weight excluding hydrogens is 142 g/mol. The number of hydrogen-bond donors (Lipinski definition) is 0. The van der Waals surface area contributed by atoms with Crippen LogP contribution in [0.1, 0.15) is 0 Å². The highest BCUT2D eigenvalue weighted by Gasteiger charge is 1.63. The summed E-state index contributed by atoms with van der Waals surface area (Å²) in [5, 5.41) is 0. The van der Waals surface area contributed by atoms with Gasteiger partial charge < -0.3 is 0 Å². The first-order valence-corrected chi connectivity index (χ1v) is 1.90. The fraction of sp³-hybridized carbons (Fsp3) is 0.200. The minimum Gasteiger partial charge on any atom is -0.224 e. The summed E-state index contributed by atoms with van der Waals surface area (Å²) in [7, 11) is 0. The molecule has 0 saturated heterocycles. The molecule has 0 aliphatic rings. The number of hydrogen-bond acceptors (Lipinski definition) is 3. The Kier molecular flexibility index (Phi) is 12.0. The molecule has 9 heavy (non-hydrogen) atoms. The molecule has 0 aromatic rings. The lowest BCUT2D eigenvalue weighted by Gasteiger charge is -1.64. The van der Waals surface area contributed by atoms with Crippen molar-refractivity contribution >= 4 is 24.4 Å². The standard InChI is InChI=1S/C5H3NO2.ClH/c7-4-2-1-3-6-5-8;/h1H,3H2;1H. The molecule has 0 rings (SSSR count). The van der Waals surface area contributed by atoms with Crippen LogP contribution in [0.15, 0.2) is 16.8 Å². The van der Waals surface area contributed by atoms with Crippen LogP contribution in [0.25, 0.3) is 0 Å². The van der Waals surface area contributed by atoms with E-state index < -0.39 is 0 Å². The fourth-order valence-electron chi connectivity index (χ4n) is 0.170. The predicted molar refractivity (Wildman–Crippen MR) is 34.0 cm³/mol. The largest absolute Gasteiger partial charge is 0.235 e. The molecule has 0 heterocycles. The van der Waals surface area contributed by atoms with E-state index in [1.54, 1.807) is 0 Å². The maximum absolute atomic E-state index is 9.36. The van der Waals surface area contributed by atoms with Crippen LogP contribution in [0.5, 0.6) is 0 Å². The van der Waals surface area contributed by atoms with Gasteiger partial charge >= 0.3 is 0 Å². The quantitative estimate of drug-likeness (QED) is 0.243. The normalized spacial score (nSPS) is 4.89. The average molecular weight is 146 g/mol. The lowest BCUT2D eigenvalue weighted by Crippen LogP contribution is -1.65. The van der Waals surface area contributed by atoms with E-state index >= 15 is 0 Å². The van der Waals surface area contributed by atoms with E-state index in [4.69, 9.17) is 0 Å². The molecule has 48 valence electrons. The van der Waals surface area contributed by atoms with E-state index in [1.807, 2.05) is 0 Å². The third-order valence-corrected chi connectivity index (χ3v) is 0.408. The van der Waals surface area contributed by atoms with E-state index in [-0.39, 0.29) is 19.0 Å². The van der Waals surface area contributed by atoms with E-state index in [1.165, 1.54) is 18.1 Å². The van der Waals surface area contributed by atoms with Gasteiger partial charge in [-0.05, 0) is 11.8 Å². The molecule has 0 aliphatic heterocycles. The third-order valence-electron chi connectivity index (χ3n) is 0.408. The maximum Gasteiger partial charge on any atom is 0.235 e. The Morgan fingerprint density at radius 1 is 1.44 bits per heavy atom. The van der Waals surface area contributed by atoms with Gasteiger partial charge in [-0.1, -0.05) is 0 Å². The van der Waals surface area contributed by atoms with Crippen molar-refractivity contribution in [3.05, 3.63) is 11.8 Å². The number of aliphatic imine (C=N–C) groups is 1. The van der Waals surface area contributed by atoms with Gasteiger partial charge in [-0.25, -0.2) is 14.6 Å². The molecule has 0 aromatic heterocycles. The van der Waals surface area contributed by atoms with Crippen molar-refractivity contribution in [1.82, 2.24) is 0 Å². The summed E-state index contributed by atoms with van der Waals surface area (Å²) in [6.45, 7) is 0.152. The summed E-state index contributed by atoms with van der Waals surface area (Å²) in [6.07, 6.45) is 2.59. The minimum absolute atomic E-state index is 0. The molecule has 0 aromatic carbocycles. The smallest absolute Gasteiger partial charge is 0.224 e. The molecule has 0 bridgehead atoms. The van der Waals surface area contributed by atoms with Crippen molar-refractivity contribution in [3.8, 4) is 0 Å². The molecule has 0 aliphatic carbocycles. The van der Waals surface area contributed by atoms with Crippen molar-refractivity contribution in [2.75, 3.05) is 6.54 Å². The highest BCUT2D eigenvalue weighted by molar-refractivity contribution is 5.85. The van der Waals surface area contributed by atoms with E-state index in [2.05, 4.69) is 10.7 Å². The Hall–Kier alpha value is -1.10. The first-order valence-electron chi connectivity index (χ1n) is 1.90. The summed E-state index contributed by atoms with van der Waals surface area (Å²) in [5.41, 5.74) is 2.08. The first-order chi connectivity index (χ1) is 3.91. The molecule has 0 amide bonds. The average Bonchev–Trinajstić information content (AvgIpc) is 1.81. The van der Waals surface area contributed by atoms with Crippen molar-refractivity contribution < 1.29 is 9.59 Å². The van der Waals surface area contributed by atoms with Crippen molar-refractivity contribution in [2.24, 2.45) is 4.99 Å². The molecule has 0 spiro atoms. The zero-order chi connectivity index (χ0) is 6.24. The Bertz CT molecular complexity index is 183. The Balaban J connectivity index is 0. The second-order valence-corrected chi connectivity index (χ2v) is 0.882. The van der Waals surface area contributed by atoms with Crippen LogP contribution < -0.4 is 0 Å². The number of rotatable bonds is 2. The predicted octanol–water partition coefficient (Wildman–Crippen LogP) is 0.287.